The third-order valence-electron chi connectivity index (χ3n) is 4.61. The maximum absolute atomic E-state index is 13.0. The molecule has 4 aromatic rings. The summed E-state index contributed by atoms with van der Waals surface area (Å²) >= 11 is 0. The van der Waals surface area contributed by atoms with E-state index in [1.54, 1.807) is 12.4 Å². The van der Waals surface area contributed by atoms with Gasteiger partial charge in [0.05, 0.1) is 12.5 Å². The van der Waals surface area contributed by atoms with Crippen molar-refractivity contribution in [2.75, 3.05) is 0 Å². The molecule has 6 nitrogen and oxygen atoms in total. The van der Waals surface area contributed by atoms with Gasteiger partial charge < -0.3 is 9.73 Å². The van der Waals surface area contributed by atoms with Crippen molar-refractivity contribution in [3.8, 4) is 11.5 Å². The molecule has 1 N–H and O–H groups in total. The molecular weight excluding hydrogens is 364 g/mol. The first-order chi connectivity index (χ1) is 14.3. The van der Waals surface area contributed by atoms with Gasteiger partial charge in [0.1, 0.15) is 0 Å². The number of aromatic nitrogens is 3. The lowest BCUT2D eigenvalue weighted by molar-refractivity contribution is -0.122. The Balaban J connectivity index is 1.46. The predicted octanol–water partition coefficient (Wildman–Crippen LogP) is 3.77. The van der Waals surface area contributed by atoms with Crippen LogP contribution in [0.5, 0.6) is 0 Å². The van der Waals surface area contributed by atoms with E-state index in [0.717, 1.165) is 16.7 Å². The van der Waals surface area contributed by atoms with Crippen molar-refractivity contribution in [2.24, 2.45) is 0 Å². The van der Waals surface area contributed by atoms with Crippen molar-refractivity contribution in [1.29, 1.82) is 0 Å². The van der Waals surface area contributed by atoms with Crippen molar-refractivity contribution in [3.05, 3.63) is 102 Å². The van der Waals surface area contributed by atoms with Gasteiger partial charge >= 0.3 is 0 Å². The fourth-order valence-corrected chi connectivity index (χ4v) is 3.11. The first kappa shape index (κ1) is 18.6. The van der Waals surface area contributed by atoms with Crippen molar-refractivity contribution < 1.29 is 9.21 Å². The first-order valence-corrected chi connectivity index (χ1v) is 9.39. The van der Waals surface area contributed by atoms with Crippen LogP contribution in [0.15, 0.2) is 89.6 Å². The number of benzene rings is 2. The summed E-state index contributed by atoms with van der Waals surface area (Å²) in [7, 11) is 0. The zero-order valence-corrected chi connectivity index (χ0v) is 15.7. The van der Waals surface area contributed by atoms with Gasteiger partial charge in [0.15, 0.2) is 0 Å². The molecule has 0 spiro atoms. The van der Waals surface area contributed by atoms with Gasteiger partial charge in [-0.3, -0.25) is 9.78 Å². The fourth-order valence-electron chi connectivity index (χ4n) is 3.11. The van der Waals surface area contributed by atoms with Gasteiger partial charge in [-0.1, -0.05) is 48.5 Å². The molecule has 0 fully saturated rings. The van der Waals surface area contributed by atoms with Gasteiger partial charge in [0.2, 0.25) is 17.7 Å². The van der Waals surface area contributed by atoms with E-state index in [0.29, 0.717) is 18.2 Å². The van der Waals surface area contributed by atoms with Crippen LogP contribution in [0.4, 0.5) is 0 Å². The average Bonchev–Trinajstić information content (AvgIpc) is 3.27. The Kier molecular flexibility index (Phi) is 5.71. The van der Waals surface area contributed by atoms with Crippen LogP contribution in [0, 0.1) is 0 Å². The number of nitrogens with one attached hydrogen (secondary N) is 1. The van der Waals surface area contributed by atoms with E-state index in [1.807, 2.05) is 72.8 Å². The van der Waals surface area contributed by atoms with Crippen LogP contribution >= 0.6 is 0 Å². The highest BCUT2D eigenvalue weighted by Gasteiger charge is 2.21. The van der Waals surface area contributed by atoms with Crippen LogP contribution in [0.2, 0.25) is 0 Å². The summed E-state index contributed by atoms with van der Waals surface area (Å²) in [4.78, 5) is 17.0. The van der Waals surface area contributed by atoms with Crippen LogP contribution < -0.4 is 5.32 Å². The van der Waals surface area contributed by atoms with E-state index >= 15 is 0 Å². The van der Waals surface area contributed by atoms with Gasteiger partial charge in [-0.15, -0.1) is 10.2 Å². The summed E-state index contributed by atoms with van der Waals surface area (Å²) in [5.74, 6) is 0.391. The minimum Gasteiger partial charge on any atom is -0.419 e. The molecule has 1 atom stereocenters. The summed E-state index contributed by atoms with van der Waals surface area (Å²) in [6, 6.07) is 23.1. The lowest BCUT2D eigenvalue weighted by Gasteiger charge is -2.17. The normalized spacial score (nSPS) is 11.7. The minimum atomic E-state index is -0.324. The van der Waals surface area contributed by atoms with E-state index < -0.39 is 0 Å². The number of rotatable bonds is 7. The van der Waals surface area contributed by atoms with Gasteiger partial charge in [-0.25, -0.2) is 0 Å². The second-order valence-corrected chi connectivity index (χ2v) is 6.61. The Morgan fingerprint density at radius 1 is 0.897 bits per heavy atom. The lowest BCUT2D eigenvalue weighted by Crippen LogP contribution is -2.30. The summed E-state index contributed by atoms with van der Waals surface area (Å²) in [6.07, 6.45) is 4.05. The number of hydrogen-bond donors (Lipinski definition) is 1. The van der Waals surface area contributed by atoms with Gasteiger partial charge in [-0.2, -0.15) is 0 Å². The standard InChI is InChI=1S/C23H20N4O2/c28-22(25-16-21-26-27-23(29-21)19-9-5-2-6-10-19)20(18-7-3-1-4-8-18)15-17-11-13-24-14-12-17/h1-14,20H,15-16H2,(H,25,28). The molecule has 2 heterocycles. The monoisotopic (exact) mass is 384 g/mol. The highest BCUT2D eigenvalue weighted by molar-refractivity contribution is 5.83. The molecule has 0 aliphatic carbocycles. The molecular formula is C23H20N4O2. The Morgan fingerprint density at radius 3 is 2.31 bits per heavy atom. The van der Waals surface area contributed by atoms with Crippen molar-refractivity contribution in [1.82, 2.24) is 20.5 Å². The van der Waals surface area contributed by atoms with Crippen molar-refractivity contribution >= 4 is 5.91 Å². The molecule has 4 rings (SSSR count). The Labute approximate surface area is 168 Å². The summed E-state index contributed by atoms with van der Waals surface area (Å²) in [5, 5.41) is 11.0. The molecule has 0 aliphatic heterocycles. The third-order valence-corrected chi connectivity index (χ3v) is 4.61. The number of carbonyl (C=O) groups excluding carboxylic acids is 1. The summed E-state index contributed by atoms with van der Waals surface area (Å²) < 4.78 is 5.68. The van der Waals surface area contributed by atoms with Crippen molar-refractivity contribution in [3.63, 3.8) is 0 Å². The maximum Gasteiger partial charge on any atom is 0.247 e. The second-order valence-electron chi connectivity index (χ2n) is 6.61. The van der Waals surface area contributed by atoms with E-state index in [2.05, 4.69) is 20.5 Å². The number of nitrogens with zero attached hydrogens (tertiary/aromatic N) is 3. The zero-order valence-electron chi connectivity index (χ0n) is 15.7. The molecule has 1 unspecified atom stereocenters. The minimum absolute atomic E-state index is 0.0903. The van der Waals surface area contributed by atoms with Crippen LogP contribution in [0.3, 0.4) is 0 Å². The van der Waals surface area contributed by atoms with Crippen LogP contribution in [-0.4, -0.2) is 21.1 Å². The van der Waals surface area contributed by atoms with Gasteiger partial charge in [0.25, 0.3) is 0 Å². The first-order valence-electron chi connectivity index (χ1n) is 9.39. The van der Waals surface area contributed by atoms with E-state index in [1.165, 1.54) is 0 Å². The Hall–Kier alpha value is -3.80. The molecule has 0 saturated heterocycles. The third kappa shape index (κ3) is 4.73. The maximum atomic E-state index is 13.0. The molecule has 1 amide bonds. The number of pyridine rings is 1. The lowest BCUT2D eigenvalue weighted by atomic mass is 9.91. The number of hydrogen-bond acceptors (Lipinski definition) is 5. The van der Waals surface area contributed by atoms with E-state index in [9.17, 15) is 4.79 Å². The second kappa shape index (κ2) is 8.93. The van der Waals surface area contributed by atoms with Crippen molar-refractivity contribution in [2.45, 2.75) is 18.9 Å². The predicted molar refractivity (Wildman–Crippen MR) is 109 cm³/mol. The molecule has 29 heavy (non-hydrogen) atoms. The van der Waals surface area contributed by atoms with Gasteiger partial charge in [-0.05, 0) is 41.8 Å². The topological polar surface area (TPSA) is 80.9 Å². The highest BCUT2D eigenvalue weighted by Crippen LogP contribution is 2.22. The van der Waals surface area contributed by atoms with Crippen LogP contribution in [-0.2, 0) is 17.8 Å². The fraction of sp³-hybridized carbons (Fsp3) is 0.130. The number of carbonyl (C=O) groups is 1. The van der Waals surface area contributed by atoms with Crippen LogP contribution in [0.25, 0.3) is 11.5 Å². The zero-order chi connectivity index (χ0) is 19.9. The SMILES string of the molecule is O=C(NCc1nnc(-c2ccccc2)o1)C(Cc1ccncc1)c1ccccc1. The van der Waals surface area contributed by atoms with E-state index in [-0.39, 0.29) is 18.4 Å². The molecule has 2 aromatic carbocycles. The summed E-state index contributed by atoms with van der Waals surface area (Å²) in [5.41, 5.74) is 2.85. The van der Waals surface area contributed by atoms with E-state index in [4.69, 9.17) is 4.42 Å². The van der Waals surface area contributed by atoms with Gasteiger partial charge in [0, 0.05) is 18.0 Å². The molecule has 0 radical (unpaired) electrons. The van der Waals surface area contributed by atoms with Crippen LogP contribution in [0.1, 0.15) is 22.9 Å². The molecule has 0 saturated carbocycles. The summed E-state index contributed by atoms with van der Waals surface area (Å²) in [6.45, 7) is 0.179. The highest BCUT2D eigenvalue weighted by atomic mass is 16.4. The molecule has 6 heteroatoms. The number of amides is 1. The molecule has 144 valence electrons. The Morgan fingerprint density at radius 2 is 1.59 bits per heavy atom. The quantitative estimate of drug-likeness (QED) is 0.524. The average molecular weight is 384 g/mol. The molecule has 0 aliphatic rings. The smallest absolute Gasteiger partial charge is 0.247 e. The molecule has 0 bridgehead atoms. The molecule has 2 aromatic heterocycles. The largest absolute Gasteiger partial charge is 0.419 e. The Bertz CT molecular complexity index is 1050.